The summed E-state index contributed by atoms with van der Waals surface area (Å²) in [5.41, 5.74) is 0.442. The Hall–Kier alpha value is -1.19. The third-order valence-electron chi connectivity index (χ3n) is 1.50. The predicted molar refractivity (Wildman–Crippen MR) is 54.8 cm³/mol. The summed E-state index contributed by atoms with van der Waals surface area (Å²) in [7, 11) is 0. The molecule has 14 heavy (non-hydrogen) atoms. The van der Waals surface area contributed by atoms with Gasteiger partial charge in [0, 0.05) is 6.08 Å². The van der Waals surface area contributed by atoms with Crippen LogP contribution in [0.2, 0.25) is 10.0 Å². The standard InChI is InChI=1S/C9H6Cl2O3/c10-8-5(2-4-7(13)14)1-3-6(12)9(8)11/h1-4,12H,(H,13,14)/b4-2+. The van der Waals surface area contributed by atoms with E-state index in [4.69, 9.17) is 33.4 Å². The van der Waals surface area contributed by atoms with E-state index in [1.807, 2.05) is 0 Å². The number of hydrogen-bond acceptors (Lipinski definition) is 2. The molecule has 1 rings (SSSR count). The number of carbonyl (C=O) groups is 1. The second-order valence-corrected chi connectivity index (χ2v) is 3.23. The van der Waals surface area contributed by atoms with Crippen molar-refractivity contribution in [2.45, 2.75) is 0 Å². The van der Waals surface area contributed by atoms with Gasteiger partial charge in [-0.15, -0.1) is 0 Å². The van der Waals surface area contributed by atoms with E-state index < -0.39 is 5.97 Å². The molecule has 0 amide bonds. The zero-order valence-electron chi connectivity index (χ0n) is 6.87. The minimum atomic E-state index is -1.08. The van der Waals surface area contributed by atoms with E-state index in [0.717, 1.165) is 6.08 Å². The Labute approximate surface area is 90.2 Å². The molecule has 0 heterocycles. The summed E-state index contributed by atoms with van der Waals surface area (Å²) in [6.45, 7) is 0. The summed E-state index contributed by atoms with van der Waals surface area (Å²) in [5, 5.41) is 17.7. The first-order chi connectivity index (χ1) is 6.52. The lowest BCUT2D eigenvalue weighted by Crippen LogP contribution is -1.86. The Morgan fingerprint density at radius 2 is 1.93 bits per heavy atom. The molecular formula is C9H6Cl2O3. The van der Waals surface area contributed by atoms with Crippen molar-refractivity contribution in [2.24, 2.45) is 0 Å². The third kappa shape index (κ3) is 2.40. The number of aliphatic carboxylic acids is 1. The summed E-state index contributed by atoms with van der Waals surface area (Å²) in [6.07, 6.45) is 2.24. The van der Waals surface area contributed by atoms with E-state index in [9.17, 15) is 4.79 Å². The molecule has 3 nitrogen and oxygen atoms in total. The Kier molecular flexibility index (Phi) is 3.38. The monoisotopic (exact) mass is 232 g/mol. The maximum Gasteiger partial charge on any atom is 0.328 e. The summed E-state index contributed by atoms with van der Waals surface area (Å²) in [6, 6.07) is 2.82. The van der Waals surface area contributed by atoms with Crippen LogP contribution in [-0.4, -0.2) is 16.2 Å². The van der Waals surface area contributed by atoms with Gasteiger partial charge in [-0.1, -0.05) is 23.2 Å². The van der Waals surface area contributed by atoms with Crippen molar-refractivity contribution < 1.29 is 15.0 Å². The number of rotatable bonds is 2. The molecule has 0 atom stereocenters. The lowest BCUT2D eigenvalue weighted by atomic mass is 10.2. The zero-order chi connectivity index (χ0) is 10.7. The van der Waals surface area contributed by atoms with Crippen molar-refractivity contribution in [3.63, 3.8) is 0 Å². The summed E-state index contributed by atoms with van der Waals surface area (Å²) in [4.78, 5) is 10.2. The van der Waals surface area contributed by atoms with Crippen LogP contribution in [0.15, 0.2) is 18.2 Å². The lowest BCUT2D eigenvalue weighted by molar-refractivity contribution is -0.131. The van der Waals surface area contributed by atoms with Crippen molar-refractivity contribution in [2.75, 3.05) is 0 Å². The number of halogens is 2. The van der Waals surface area contributed by atoms with Gasteiger partial charge in [0.15, 0.2) is 0 Å². The molecule has 0 aliphatic heterocycles. The molecule has 0 saturated carbocycles. The van der Waals surface area contributed by atoms with Crippen molar-refractivity contribution in [1.82, 2.24) is 0 Å². The van der Waals surface area contributed by atoms with Crippen molar-refractivity contribution >= 4 is 35.2 Å². The summed E-state index contributed by atoms with van der Waals surface area (Å²) in [5.74, 6) is -1.21. The normalized spacial score (nSPS) is 10.7. The van der Waals surface area contributed by atoms with Crippen LogP contribution >= 0.6 is 23.2 Å². The molecule has 1 aromatic rings. The second-order valence-electron chi connectivity index (χ2n) is 2.47. The molecule has 5 heteroatoms. The zero-order valence-corrected chi connectivity index (χ0v) is 8.38. The number of carboxylic acids is 1. The topological polar surface area (TPSA) is 57.5 Å². The molecule has 0 saturated heterocycles. The fraction of sp³-hybridized carbons (Fsp3) is 0. The predicted octanol–water partition coefficient (Wildman–Crippen LogP) is 2.80. The number of phenolic OH excluding ortho intramolecular Hbond substituents is 1. The van der Waals surface area contributed by atoms with Gasteiger partial charge in [0.1, 0.15) is 10.8 Å². The number of benzene rings is 1. The van der Waals surface area contributed by atoms with Crippen LogP contribution in [0.5, 0.6) is 5.75 Å². The quantitative estimate of drug-likeness (QED) is 0.772. The van der Waals surface area contributed by atoms with Crippen molar-refractivity contribution in [3.05, 3.63) is 33.8 Å². The van der Waals surface area contributed by atoms with Crippen molar-refractivity contribution in [3.8, 4) is 5.75 Å². The van der Waals surface area contributed by atoms with Crippen LogP contribution in [0.1, 0.15) is 5.56 Å². The molecule has 0 aromatic heterocycles. The molecule has 0 fully saturated rings. The highest BCUT2D eigenvalue weighted by Gasteiger charge is 2.06. The third-order valence-corrected chi connectivity index (χ3v) is 2.38. The highest BCUT2D eigenvalue weighted by molar-refractivity contribution is 6.43. The van der Waals surface area contributed by atoms with Gasteiger partial charge in [-0.05, 0) is 23.8 Å². The summed E-state index contributed by atoms with van der Waals surface area (Å²) >= 11 is 11.4. The fourth-order valence-electron chi connectivity index (χ4n) is 0.844. The Morgan fingerprint density at radius 1 is 1.29 bits per heavy atom. The number of carboxylic acid groups (broad SMARTS) is 1. The maximum absolute atomic E-state index is 10.2. The molecule has 0 bridgehead atoms. The number of hydrogen-bond donors (Lipinski definition) is 2. The van der Waals surface area contributed by atoms with Gasteiger partial charge in [-0.3, -0.25) is 0 Å². The largest absolute Gasteiger partial charge is 0.506 e. The molecule has 74 valence electrons. The van der Waals surface area contributed by atoms with Gasteiger partial charge in [-0.25, -0.2) is 4.79 Å². The van der Waals surface area contributed by atoms with E-state index in [2.05, 4.69) is 0 Å². The molecule has 0 spiro atoms. The Morgan fingerprint density at radius 3 is 2.50 bits per heavy atom. The minimum absolute atomic E-state index is 0.0132. The van der Waals surface area contributed by atoms with Crippen LogP contribution in [0.25, 0.3) is 6.08 Å². The average molecular weight is 233 g/mol. The molecule has 0 aliphatic carbocycles. The van der Waals surface area contributed by atoms with Crippen LogP contribution in [-0.2, 0) is 4.79 Å². The van der Waals surface area contributed by atoms with E-state index in [-0.39, 0.29) is 15.8 Å². The SMILES string of the molecule is O=C(O)/C=C/c1ccc(O)c(Cl)c1Cl. The van der Waals surface area contributed by atoms with E-state index in [1.165, 1.54) is 18.2 Å². The van der Waals surface area contributed by atoms with Crippen LogP contribution < -0.4 is 0 Å². The smallest absolute Gasteiger partial charge is 0.328 e. The lowest BCUT2D eigenvalue weighted by Gasteiger charge is -2.02. The molecule has 2 N–H and O–H groups in total. The van der Waals surface area contributed by atoms with Crippen LogP contribution in [0, 0.1) is 0 Å². The van der Waals surface area contributed by atoms with E-state index >= 15 is 0 Å². The molecule has 0 radical (unpaired) electrons. The Balaban J connectivity index is 3.12. The second kappa shape index (κ2) is 4.35. The average Bonchev–Trinajstić information content (AvgIpc) is 2.13. The van der Waals surface area contributed by atoms with E-state index in [0.29, 0.717) is 5.56 Å². The van der Waals surface area contributed by atoms with Gasteiger partial charge in [0.2, 0.25) is 0 Å². The first kappa shape index (κ1) is 10.9. The van der Waals surface area contributed by atoms with Gasteiger partial charge < -0.3 is 10.2 Å². The van der Waals surface area contributed by atoms with Gasteiger partial charge in [0.25, 0.3) is 0 Å². The minimum Gasteiger partial charge on any atom is -0.506 e. The summed E-state index contributed by atoms with van der Waals surface area (Å²) < 4.78 is 0. The molecule has 0 unspecified atom stereocenters. The van der Waals surface area contributed by atoms with Crippen molar-refractivity contribution in [1.29, 1.82) is 0 Å². The van der Waals surface area contributed by atoms with Crippen LogP contribution in [0.4, 0.5) is 0 Å². The van der Waals surface area contributed by atoms with Gasteiger partial charge in [-0.2, -0.15) is 0 Å². The Bertz CT molecular complexity index is 399. The maximum atomic E-state index is 10.2. The van der Waals surface area contributed by atoms with Crippen LogP contribution in [0.3, 0.4) is 0 Å². The highest BCUT2D eigenvalue weighted by atomic mass is 35.5. The molecule has 1 aromatic carbocycles. The molecule has 0 aliphatic rings. The first-order valence-electron chi connectivity index (χ1n) is 3.60. The number of phenols is 1. The number of aromatic hydroxyl groups is 1. The highest BCUT2D eigenvalue weighted by Crippen LogP contribution is 2.34. The van der Waals surface area contributed by atoms with E-state index in [1.54, 1.807) is 0 Å². The van der Waals surface area contributed by atoms with Gasteiger partial charge >= 0.3 is 5.97 Å². The van der Waals surface area contributed by atoms with Gasteiger partial charge in [0.05, 0.1) is 5.02 Å². The fourth-order valence-corrected chi connectivity index (χ4v) is 1.24. The first-order valence-corrected chi connectivity index (χ1v) is 4.36. The molecular weight excluding hydrogens is 227 g/mol.